The van der Waals surface area contributed by atoms with Gasteiger partial charge in [0, 0.05) is 0 Å². The molecular formula is H12N3PrSi3. The van der Waals surface area contributed by atoms with Crippen LogP contribution in [0.2, 0.25) is 0 Å². The summed E-state index contributed by atoms with van der Waals surface area (Å²) in [7, 11) is 1.67. The van der Waals surface area contributed by atoms with Gasteiger partial charge < -0.3 is 16.2 Å². The van der Waals surface area contributed by atoms with E-state index in [0.717, 1.165) is 0 Å². The number of hydrogen-bond acceptors (Lipinski definition) is 0. The zero-order valence-corrected chi connectivity index (χ0v) is 14.8. The van der Waals surface area contributed by atoms with Crippen molar-refractivity contribution in [2.45, 2.75) is 0 Å². The SMILES string of the molecule is [NH-][SiH3].[NH-][SiH3].[NH-][SiH3].[Pr+3]. The summed E-state index contributed by atoms with van der Waals surface area (Å²) in [4.78, 5) is 0. The van der Waals surface area contributed by atoms with Crippen LogP contribution in [0, 0.1) is 41.3 Å². The standard InChI is InChI=1S/3H4NSi.Pr/c3*1-2;/h3*1H,2H3;/q3*-1;+3. The molecule has 3 nitrogen and oxygen atoms in total. The molecule has 7 heteroatoms. The molecule has 0 spiro atoms. The van der Waals surface area contributed by atoms with Crippen LogP contribution in [0.25, 0.3) is 16.2 Å². The third-order valence-electron chi connectivity index (χ3n) is 0. The molecule has 0 amide bonds. The van der Waals surface area contributed by atoms with Gasteiger partial charge in [-0.25, -0.2) is 0 Å². The predicted molar refractivity (Wildman–Crippen MR) is 42.8 cm³/mol. The predicted octanol–water partition coefficient (Wildman–Crippen LogP) is -2.04. The summed E-state index contributed by atoms with van der Waals surface area (Å²) in [6.45, 7) is 0. The second kappa shape index (κ2) is 105. The van der Waals surface area contributed by atoms with Gasteiger partial charge in [-0.1, -0.05) is 0 Å². The van der Waals surface area contributed by atoms with E-state index in [-0.39, 0.29) is 41.3 Å². The van der Waals surface area contributed by atoms with Crippen LogP contribution in [0.5, 0.6) is 0 Å². The Labute approximate surface area is 87.6 Å². The van der Waals surface area contributed by atoms with Crippen LogP contribution in [-0.4, -0.2) is 31.2 Å². The molecule has 0 aliphatic heterocycles. The fourth-order valence-electron chi connectivity index (χ4n) is 0. The van der Waals surface area contributed by atoms with Crippen molar-refractivity contribution in [3.05, 3.63) is 16.2 Å². The zero-order chi connectivity index (χ0) is 6.00. The van der Waals surface area contributed by atoms with E-state index in [9.17, 15) is 0 Å². The first-order chi connectivity index (χ1) is 3.00. The van der Waals surface area contributed by atoms with Gasteiger partial charge in [0.2, 0.25) is 0 Å². The van der Waals surface area contributed by atoms with Crippen LogP contribution < -0.4 is 0 Å². The Hall–Kier alpha value is 1.89. The fraction of sp³-hybridized carbons (Fsp3) is 0. The van der Waals surface area contributed by atoms with Gasteiger partial charge in [0.1, 0.15) is 0 Å². The van der Waals surface area contributed by atoms with Crippen LogP contribution in [0.4, 0.5) is 0 Å². The first-order valence-corrected chi connectivity index (χ1v) is 4.50. The Bertz CT molecular complexity index is 10.1. The molecule has 0 unspecified atom stereocenters. The van der Waals surface area contributed by atoms with Gasteiger partial charge in [0.05, 0.1) is 0 Å². The molecule has 0 bridgehead atoms. The molecule has 0 aromatic carbocycles. The molecule has 0 saturated heterocycles. The Morgan fingerprint density at radius 1 is 0.571 bits per heavy atom. The summed E-state index contributed by atoms with van der Waals surface area (Å²) in [6, 6.07) is 0. The molecule has 0 aromatic rings. The summed E-state index contributed by atoms with van der Waals surface area (Å²) in [5.74, 6) is 0. The normalized spacial score (nSPS) is 3.86. The molecule has 0 aliphatic carbocycles. The molecule has 0 aliphatic rings. The van der Waals surface area contributed by atoms with Gasteiger partial charge in [-0.3, -0.25) is 0 Å². The van der Waals surface area contributed by atoms with Crippen LogP contribution in [0.15, 0.2) is 0 Å². The number of hydrogen-bond donors (Lipinski definition) is 0. The van der Waals surface area contributed by atoms with Crippen LogP contribution in [-0.2, 0) is 0 Å². The first kappa shape index (κ1) is 23.1. The Morgan fingerprint density at radius 2 is 0.571 bits per heavy atom. The average molecular weight is 279 g/mol. The third-order valence-corrected chi connectivity index (χ3v) is 0. The third kappa shape index (κ3) is 76.4. The molecule has 3 N–H and O–H groups in total. The minimum Gasteiger partial charge on any atom is -0.687 e. The zero-order valence-electron chi connectivity index (χ0n) is 5.08. The van der Waals surface area contributed by atoms with Crippen LogP contribution in [0.3, 0.4) is 0 Å². The van der Waals surface area contributed by atoms with Gasteiger partial charge >= 0.3 is 41.3 Å². The summed E-state index contributed by atoms with van der Waals surface area (Å²) in [5, 5.41) is 17.7. The smallest absolute Gasteiger partial charge is 0.687 e. The Balaban J connectivity index is -0.00000000900. The topological polar surface area (TPSA) is 71.4 Å². The minimum absolute atomic E-state index is 0. The van der Waals surface area contributed by atoms with Gasteiger partial charge in [-0.2, -0.15) is 0 Å². The Kier molecular flexibility index (Phi) is 346. The number of nitrogens with one attached hydrogen (secondary N) is 3. The summed E-state index contributed by atoms with van der Waals surface area (Å²) in [5.41, 5.74) is 0. The largest absolute Gasteiger partial charge is 3.00 e. The molecule has 0 heterocycles. The molecule has 0 radical (unpaired) electrons. The molecular weight excluding hydrogens is 267 g/mol. The first-order valence-electron chi connectivity index (χ1n) is 1.50. The van der Waals surface area contributed by atoms with Gasteiger partial charge in [-0.15, -0.1) is 31.2 Å². The van der Waals surface area contributed by atoms with Crippen molar-refractivity contribution in [2.75, 3.05) is 0 Å². The molecule has 42 valence electrons. The second-order valence-corrected chi connectivity index (χ2v) is 0. The van der Waals surface area contributed by atoms with Crippen molar-refractivity contribution < 1.29 is 41.3 Å². The van der Waals surface area contributed by atoms with Crippen LogP contribution >= 0.6 is 0 Å². The minimum atomic E-state index is 0. The maximum absolute atomic E-state index is 5.89. The van der Waals surface area contributed by atoms with Crippen molar-refractivity contribution in [1.82, 2.24) is 0 Å². The van der Waals surface area contributed by atoms with E-state index in [2.05, 4.69) is 0 Å². The molecule has 0 saturated carbocycles. The second-order valence-electron chi connectivity index (χ2n) is 0. The van der Waals surface area contributed by atoms with E-state index < -0.39 is 0 Å². The Morgan fingerprint density at radius 3 is 0.571 bits per heavy atom. The van der Waals surface area contributed by atoms with Crippen molar-refractivity contribution in [3.63, 3.8) is 0 Å². The van der Waals surface area contributed by atoms with Gasteiger partial charge in [0.15, 0.2) is 0 Å². The van der Waals surface area contributed by atoms with Crippen LogP contribution in [0.1, 0.15) is 0 Å². The molecule has 0 aromatic heterocycles. The molecule has 0 rings (SSSR count). The van der Waals surface area contributed by atoms with E-state index in [4.69, 9.17) is 16.2 Å². The average Bonchev–Trinajstić information content (AvgIpc) is 1.81. The van der Waals surface area contributed by atoms with E-state index in [1.54, 1.807) is 0 Å². The summed E-state index contributed by atoms with van der Waals surface area (Å²) in [6.07, 6.45) is 0. The molecule has 0 fully saturated rings. The van der Waals surface area contributed by atoms with Crippen molar-refractivity contribution in [3.8, 4) is 0 Å². The summed E-state index contributed by atoms with van der Waals surface area (Å²) < 4.78 is 0. The van der Waals surface area contributed by atoms with E-state index in [0.29, 0.717) is 31.2 Å². The van der Waals surface area contributed by atoms with E-state index >= 15 is 0 Å². The quantitative estimate of drug-likeness (QED) is 0.458. The fourth-order valence-corrected chi connectivity index (χ4v) is 0. The van der Waals surface area contributed by atoms with Crippen molar-refractivity contribution in [2.24, 2.45) is 0 Å². The van der Waals surface area contributed by atoms with Crippen molar-refractivity contribution >= 4 is 31.2 Å². The monoisotopic (exact) mass is 279 g/mol. The maximum Gasteiger partial charge on any atom is 3.00 e. The molecule has 0 atom stereocenters. The van der Waals surface area contributed by atoms with E-state index in [1.807, 2.05) is 0 Å². The van der Waals surface area contributed by atoms with Gasteiger partial charge in [-0.05, 0) is 0 Å². The molecule has 7 heavy (non-hydrogen) atoms. The summed E-state index contributed by atoms with van der Waals surface area (Å²) >= 11 is 0. The van der Waals surface area contributed by atoms with Crippen molar-refractivity contribution in [1.29, 1.82) is 0 Å². The van der Waals surface area contributed by atoms with Gasteiger partial charge in [0.25, 0.3) is 0 Å². The maximum atomic E-state index is 5.89. The van der Waals surface area contributed by atoms with E-state index in [1.165, 1.54) is 0 Å². The number of rotatable bonds is 0.